The third-order valence-corrected chi connectivity index (χ3v) is 5.25. The lowest BCUT2D eigenvalue weighted by atomic mass is 9.89. The Morgan fingerprint density at radius 2 is 1.48 bits per heavy atom. The normalized spacial score (nSPS) is 20.6. The Morgan fingerprint density at radius 1 is 0.920 bits per heavy atom. The molecule has 0 aromatic heterocycles. The minimum atomic E-state index is -4.03. The summed E-state index contributed by atoms with van der Waals surface area (Å²) in [7, 11) is 0. The van der Waals surface area contributed by atoms with Gasteiger partial charge in [0.15, 0.2) is 0 Å². The lowest BCUT2D eigenvalue weighted by molar-refractivity contribution is -0.185. The number of hydrogen-bond acceptors (Lipinski definition) is 2. The van der Waals surface area contributed by atoms with Crippen LogP contribution in [0.5, 0.6) is 0 Å². The highest BCUT2D eigenvalue weighted by Gasteiger charge is 2.40. The molecule has 1 N–H and O–H groups in total. The van der Waals surface area contributed by atoms with Gasteiger partial charge in [-0.1, -0.05) is 24.3 Å². The summed E-state index contributed by atoms with van der Waals surface area (Å²) in [6, 6.07) is 8.70. The summed E-state index contributed by atoms with van der Waals surface area (Å²) in [6.45, 7) is 4.01. The Labute approximate surface area is 160 Å². The molecule has 2 heterocycles. The highest BCUT2D eigenvalue weighted by Crippen LogP contribution is 2.34. The number of likely N-dealkylation sites (tertiary alicyclic amines) is 1. The molecule has 0 bridgehead atoms. The molecule has 3 rings (SSSR count). The van der Waals surface area contributed by atoms with Crippen LogP contribution < -0.4 is 5.32 Å². The number of nitrogens with one attached hydrogen (secondary N) is 1. The second-order valence-corrected chi connectivity index (χ2v) is 6.86. The predicted molar refractivity (Wildman–Crippen MR) is 99.8 cm³/mol. The van der Waals surface area contributed by atoms with Gasteiger partial charge in [0.2, 0.25) is 0 Å². The van der Waals surface area contributed by atoms with Crippen molar-refractivity contribution in [2.24, 2.45) is 5.92 Å². The number of piperidine rings is 2. The van der Waals surface area contributed by atoms with Gasteiger partial charge in [0.25, 0.3) is 0 Å². The summed E-state index contributed by atoms with van der Waals surface area (Å²) in [5.74, 6) is -0.464. The first-order chi connectivity index (χ1) is 11.0. The largest absolute Gasteiger partial charge is 0.391 e. The summed E-state index contributed by atoms with van der Waals surface area (Å²) >= 11 is 0. The molecule has 144 valence electrons. The molecule has 2 aliphatic heterocycles. The molecular formula is C18H27Cl2F3N2. The SMILES string of the molecule is Cl.Cl.FC(F)(F)C1CCN(Cc2ccc(C3CCNCC3)cc2)CC1. The molecule has 0 saturated carbocycles. The average Bonchev–Trinajstić information content (AvgIpc) is 2.56. The number of halogens is 5. The minimum absolute atomic E-state index is 0. The van der Waals surface area contributed by atoms with Crippen molar-refractivity contribution < 1.29 is 13.2 Å². The number of nitrogens with zero attached hydrogens (tertiary/aromatic N) is 1. The van der Waals surface area contributed by atoms with Crippen molar-refractivity contribution in [1.29, 1.82) is 0 Å². The summed E-state index contributed by atoms with van der Waals surface area (Å²) in [5.41, 5.74) is 2.60. The van der Waals surface area contributed by atoms with E-state index in [4.69, 9.17) is 0 Å². The van der Waals surface area contributed by atoms with Gasteiger partial charge in [-0.3, -0.25) is 4.90 Å². The van der Waals surface area contributed by atoms with Gasteiger partial charge in [0.1, 0.15) is 0 Å². The molecular weight excluding hydrogens is 372 g/mol. The van der Waals surface area contributed by atoms with Crippen LogP contribution in [0.3, 0.4) is 0 Å². The molecule has 0 unspecified atom stereocenters. The first-order valence-electron chi connectivity index (χ1n) is 8.61. The van der Waals surface area contributed by atoms with Crippen LogP contribution in [0.1, 0.15) is 42.7 Å². The van der Waals surface area contributed by atoms with Crippen LogP contribution in [0.4, 0.5) is 13.2 Å². The standard InChI is InChI=1S/C18H25F3N2.2ClH/c19-18(20,21)17-7-11-23(12-8-17)13-14-1-3-15(4-2-14)16-5-9-22-10-6-16;;/h1-4,16-17,22H,5-13H2;2*1H. The third kappa shape index (κ3) is 6.31. The fourth-order valence-electron chi connectivity index (χ4n) is 3.73. The monoisotopic (exact) mass is 398 g/mol. The quantitative estimate of drug-likeness (QED) is 0.788. The van der Waals surface area contributed by atoms with Crippen LogP contribution in [0.2, 0.25) is 0 Å². The van der Waals surface area contributed by atoms with Crippen molar-refractivity contribution in [3.05, 3.63) is 35.4 Å². The zero-order chi connectivity index (χ0) is 16.3. The van der Waals surface area contributed by atoms with Crippen molar-refractivity contribution >= 4 is 24.8 Å². The van der Waals surface area contributed by atoms with Crippen molar-refractivity contribution in [1.82, 2.24) is 10.2 Å². The van der Waals surface area contributed by atoms with Gasteiger partial charge in [0, 0.05) is 6.54 Å². The van der Waals surface area contributed by atoms with Crippen molar-refractivity contribution in [2.75, 3.05) is 26.2 Å². The Kier molecular flexibility index (Phi) is 9.02. The van der Waals surface area contributed by atoms with Gasteiger partial charge < -0.3 is 5.32 Å². The molecule has 1 aromatic rings. The Bertz CT molecular complexity index is 494. The van der Waals surface area contributed by atoms with Crippen LogP contribution in [0.25, 0.3) is 0 Å². The molecule has 0 spiro atoms. The van der Waals surface area contributed by atoms with E-state index >= 15 is 0 Å². The zero-order valence-corrected chi connectivity index (χ0v) is 15.9. The van der Waals surface area contributed by atoms with Gasteiger partial charge in [-0.2, -0.15) is 13.2 Å². The summed E-state index contributed by atoms with van der Waals surface area (Å²) in [5, 5.41) is 3.38. The number of benzene rings is 1. The predicted octanol–water partition coefficient (Wildman–Crippen LogP) is 4.77. The van der Waals surface area contributed by atoms with E-state index in [9.17, 15) is 13.2 Å². The maximum absolute atomic E-state index is 12.7. The molecule has 1 aromatic carbocycles. The maximum Gasteiger partial charge on any atom is 0.391 e. The molecule has 0 aliphatic carbocycles. The molecule has 0 atom stereocenters. The lowest BCUT2D eigenvalue weighted by Gasteiger charge is -2.33. The van der Waals surface area contributed by atoms with Crippen LogP contribution in [0.15, 0.2) is 24.3 Å². The molecule has 0 amide bonds. The van der Waals surface area contributed by atoms with E-state index < -0.39 is 12.1 Å². The molecule has 2 fully saturated rings. The number of rotatable bonds is 3. The Hall–Kier alpha value is -0.490. The van der Waals surface area contributed by atoms with Crippen LogP contribution in [0, 0.1) is 5.92 Å². The van der Waals surface area contributed by atoms with Crippen LogP contribution in [-0.2, 0) is 6.54 Å². The molecule has 0 radical (unpaired) electrons. The smallest absolute Gasteiger partial charge is 0.317 e. The first-order valence-corrected chi connectivity index (χ1v) is 8.61. The number of hydrogen-bond donors (Lipinski definition) is 1. The van der Waals surface area contributed by atoms with Gasteiger partial charge >= 0.3 is 6.18 Å². The van der Waals surface area contributed by atoms with E-state index in [0.717, 1.165) is 19.6 Å². The molecule has 7 heteroatoms. The zero-order valence-electron chi connectivity index (χ0n) is 14.2. The van der Waals surface area contributed by atoms with Gasteiger partial charge in [-0.05, 0) is 68.9 Å². The Balaban J connectivity index is 0.00000156. The van der Waals surface area contributed by atoms with Gasteiger partial charge in [-0.25, -0.2) is 0 Å². The fraction of sp³-hybridized carbons (Fsp3) is 0.667. The van der Waals surface area contributed by atoms with Crippen LogP contribution >= 0.6 is 24.8 Å². The summed E-state index contributed by atoms with van der Waals surface area (Å²) < 4.78 is 38.1. The second-order valence-electron chi connectivity index (χ2n) is 6.86. The van der Waals surface area contributed by atoms with Crippen molar-refractivity contribution in [2.45, 2.75) is 44.3 Å². The average molecular weight is 399 g/mol. The molecule has 2 saturated heterocycles. The topological polar surface area (TPSA) is 15.3 Å². The highest BCUT2D eigenvalue weighted by molar-refractivity contribution is 5.85. The highest BCUT2D eigenvalue weighted by atomic mass is 35.5. The maximum atomic E-state index is 12.7. The van der Waals surface area contributed by atoms with E-state index in [0.29, 0.717) is 19.0 Å². The fourth-order valence-corrected chi connectivity index (χ4v) is 3.73. The third-order valence-electron chi connectivity index (χ3n) is 5.25. The number of alkyl halides is 3. The minimum Gasteiger partial charge on any atom is -0.317 e. The summed E-state index contributed by atoms with van der Waals surface area (Å²) in [6.07, 6.45) is -1.19. The van der Waals surface area contributed by atoms with Gasteiger partial charge in [-0.15, -0.1) is 24.8 Å². The van der Waals surface area contributed by atoms with E-state index in [-0.39, 0.29) is 37.7 Å². The van der Waals surface area contributed by atoms with E-state index in [1.165, 1.54) is 24.0 Å². The Morgan fingerprint density at radius 3 is 2.00 bits per heavy atom. The first kappa shape index (κ1) is 22.6. The van der Waals surface area contributed by atoms with Crippen LogP contribution in [-0.4, -0.2) is 37.3 Å². The second kappa shape index (κ2) is 10.0. The van der Waals surface area contributed by atoms with Gasteiger partial charge in [0.05, 0.1) is 5.92 Å². The molecule has 25 heavy (non-hydrogen) atoms. The van der Waals surface area contributed by atoms with E-state index in [2.05, 4.69) is 34.5 Å². The molecule has 2 nitrogen and oxygen atoms in total. The molecule has 2 aliphatic rings. The lowest BCUT2D eigenvalue weighted by Crippen LogP contribution is -2.38. The van der Waals surface area contributed by atoms with E-state index in [1.54, 1.807) is 0 Å². The van der Waals surface area contributed by atoms with Crippen molar-refractivity contribution in [3.63, 3.8) is 0 Å². The summed E-state index contributed by atoms with van der Waals surface area (Å²) in [4.78, 5) is 2.14. The van der Waals surface area contributed by atoms with Crippen molar-refractivity contribution in [3.8, 4) is 0 Å². The van der Waals surface area contributed by atoms with E-state index in [1.807, 2.05) is 0 Å².